The van der Waals surface area contributed by atoms with E-state index >= 15 is 0 Å². The Morgan fingerprint density at radius 1 is 1.17 bits per heavy atom. The Labute approximate surface area is 139 Å². The highest BCUT2D eigenvalue weighted by Gasteiger charge is 2.11. The van der Waals surface area contributed by atoms with Gasteiger partial charge >= 0.3 is 5.97 Å². The average Bonchev–Trinajstić information content (AvgIpc) is 2.52. The van der Waals surface area contributed by atoms with Gasteiger partial charge in [0.15, 0.2) is 11.5 Å². The van der Waals surface area contributed by atoms with Crippen molar-refractivity contribution in [3.63, 3.8) is 0 Å². The van der Waals surface area contributed by atoms with Crippen molar-refractivity contribution in [2.24, 2.45) is 0 Å². The SMILES string of the molecule is CCCCCC(CCCCc1ccc(O)c(OC)c1)OC(C)=O. The number of phenolic OH excluding ortho intramolecular Hbond substituents is 1. The first-order chi connectivity index (χ1) is 11.1. The van der Waals surface area contributed by atoms with Crippen LogP contribution in [-0.4, -0.2) is 24.3 Å². The number of esters is 1. The Bertz CT molecular complexity index is 470. The fourth-order valence-corrected chi connectivity index (χ4v) is 2.70. The van der Waals surface area contributed by atoms with E-state index in [0.29, 0.717) is 5.75 Å². The molecule has 0 saturated heterocycles. The number of hydrogen-bond acceptors (Lipinski definition) is 4. The minimum atomic E-state index is -0.185. The van der Waals surface area contributed by atoms with E-state index in [9.17, 15) is 9.90 Å². The number of aryl methyl sites for hydroxylation is 1. The number of hydrogen-bond donors (Lipinski definition) is 1. The Morgan fingerprint density at radius 3 is 2.48 bits per heavy atom. The molecule has 0 heterocycles. The zero-order chi connectivity index (χ0) is 17.1. The standard InChI is InChI=1S/C19H30O4/c1-4-5-6-10-17(23-15(2)20)11-8-7-9-16-12-13-18(21)19(14-16)22-3/h12-14,17,21H,4-11H2,1-3H3. The summed E-state index contributed by atoms with van der Waals surface area (Å²) < 4.78 is 10.5. The van der Waals surface area contributed by atoms with Gasteiger partial charge < -0.3 is 14.6 Å². The van der Waals surface area contributed by atoms with Crippen molar-refractivity contribution in [2.75, 3.05) is 7.11 Å². The van der Waals surface area contributed by atoms with Gasteiger partial charge in [-0.15, -0.1) is 0 Å². The fourth-order valence-electron chi connectivity index (χ4n) is 2.70. The van der Waals surface area contributed by atoms with Crippen molar-refractivity contribution in [1.29, 1.82) is 0 Å². The smallest absolute Gasteiger partial charge is 0.302 e. The molecule has 1 aromatic rings. The predicted molar refractivity (Wildman–Crippen MR) is 91.9 cm³/mol. The summed E-state index contributed by atoms with van der Waals surface area (Å²) in [4.78, 5) is 11.2. The number of carbonyl (C=O) groups excluding carboxylic acids is 1. The van der Waals surface area contributed by atoms with Crippen LogP contribution in [0, 0.1) is 0 Å². The van der Waals surface area contributed by atoms with Crippen molar-refractivity contribution in [2.45, 2.75) is 71.3 Å². The van der Waals surface area contributed by atoms with Crippen molar-refractivity contribution in [3.05, 3.63) is 23.8 Å². The van der Waals surface area contributed by atoms with Crippen LogP contribution in [0.3, 0.4) is 0 Å². The number of aromatic hydroxyl groups is 1. The summed E-state index contributed by atoms with van der Waals surface area (Å²) in [5.74, 6) is 0.497. The molecule has 130 valence electrons. The molecular formula is C19H30O4. The van der Waals surface area contributed by atoms with Crippen LogP contribution in [0.25, 0.3) is 0 Å². The molecule has 0 aromatic heterocycles. The Hall–Kier alpha value is -1.71. The van der Waals surface area contributed by atoms with Crippen LogP contribution in [0.4, 0.5) is 0 Å². The molecule has 1 unspecified atom stereocenters. The summed E-state index contributed by atoms with van der Waals surface area (Å²) in [7, 11) is 1.55. The van der Waals surface area contributed by atoms with Crippen molar-refractivity contribution < 1.29 is 19.4 Å². The van der Waals surface area contributed by atoms with Crippen LogP contribution in [0.1, 0.15) is 64.4 Å². The molecule has 1 N–H and O–H groups in total. The van der Waals surface area contributed by atoms with E-state index in [1.807, 2.05) is 12.1 Å². The molecule has 0 radical (unpaired) electrons. The van der Waals surface area contributed by atoms with Crippen LogP contribution in [-0.2, 0) is 16.0 Å². The van der Waals surface area contributed by atoms with E-state index in [1.165, 1.54) is 19.8 Å². The first kappa shape index (κ1) is 19.3. The third-order valence-corrected chi connectivity index (χ3v) is 3.95. The molecule has 0 saturated carbocycles. The first-order valence-corrected chi connectivity index (χ1v) is 8.60. The van der Waals surface area contributed by atoms with E-state index in [4.69, 9.17) is 9.47 Å². The van der Waals surface area contributed by atoms with E-state index < -0.39 is 0 Å². The van der Waals surface area contributed by atoms with Gasteiger partial charge in [0, 0.05) is 6.92 Å². The number of unbranched alkanes of at least 4 members (excludes halogenated alkanes) is 3. The quantitative estimate of drug-likeness (QED) is 0.477. The third-order valence-electron chi connectivity index (χ3n) is 3.95. The Morgan fingerprint density at radius 2 is 1.87 bits per heavy atom. The first-order valence-electron chi connectivity index (χ1n) is 8.60. The topological polar surface area (TPSA) is 55.8 Å². The second kappa shape index (κ2) is 10.9. The van der Waals surface area contributed by atoms with Gasteiger partial charge in [0.25, 0.3) is 0 Å². The molecule has 1 aromatic carbocycles. The van der Waals surface area contributed by atoms with Gasteiger partial charge in [-0.05, 0) is 56.2 Å². The van der Waals surface area contributed by atoms with Gasteiger partial charge in [-0.2, -0.15) is 0 Å². The molecule has 4 heteroatoms. The number of phenols is 1. The minimum absolute atomic E-state index is 0.0494. The highest BCUT2D eigenvalue weighted by atomic mass is 16.5. The zero-order valence-electron chi connectivity index (χ0n) is 14.6. The molecule has 23 heavy (non-hydrogen) atoms. The van der Waals surface area contributed by atoms with Gasteiger partial charge in [0.2, 0.25) is 0 Å². The van der Waals surface area contributed by atoms with Gasteiger partial charge in [-0.25, -0.2) is 0 Å². The van der Waals surface area contributed by atoms with Crippen molar-refractivity contribution in [3.8, 4) is 11.5 Å². The molecule has 0 amide bonds. The van der Waals surface area contributed by atoms with Crippen LogP contribution in [0.2, 0.25) is 0 Å². The van der Waals surface area contributed by atoms with E-state index in [2.05, 4.69) is 6.92 Å². The lowest BCUT2D eigenvalue weighted by Gasteiger charge is -2.17. The van der Waals surface area contributed by atoms with E-state index in [1.54, 1.807) is 13.2 Å². The lowest BCUT2D eigenvalue weighted by atomic mass is 10.0. The van der Waals surface area contributed by atoms with Crippen molar-refractivity contribution >= 4 is 5.97 Å². The minimum Gasteiger partial charge on any atom is -0.504 e. The number of methoxy groups -OCH3 is 1. The van der Waals surface area contributed by atoms with Gasteiger partial charge in [0.1, 0.15) is 6.10 Å². The van der Waals surface area contributed by atoms with Gasteiger partial charge in [-0.1, -0.05) is 25.8 Å². The maximum Gasteiger partial charge on any atom is 0.302 e. The molecule has 0 spiro atoms. The molecule has 0 aliphatic rings. The summed E-state index contributed by atoms with van der Waals surface area (Å²) >= 11 is 0. The number of benzene rings is 1. The molecule has 0 aliphatic heterocycles. The number of ether oxygens (including phenoxy) is 2. The molecule has 1 rings (SSSR count). The Kier molecular flexibility index (Phi) is 9.18. The zero-order valence-corrected chi connectivity index (χ0v) is 14.6. The monoisotopic (exact) mass is 322 g/mol. The number of rotatable bonds is 11. The van der Waals surface area contributed by atoms with E-state index in [0.717, 1.165) is 44.1 Å². The highest BCUT2D eigenvalue weighted by molar-refractivity contribution is 5.66. The molecule has 0 bridgehead atoms. The Balaban J connectivity index is 2.36. The van der Waals surface area contributed by atoms with Crippen LogP contribution < -0.4 is 4.74 Å². The number of carbonyl (C=O) groups is 1. The molecular weight excluding hydrogens is 292 g/mol. The molecule has 4 nitrogen and oxygen atoms in total. The van der Waals surface area contributed by atoms with Crippen molar-refractivity contribution in [1.82, 2.24) is 0 Å². The molecule has 1 atom stereocenters. The summed E-state index contributed by atoms with van der Waals surface area (Å²) in [5, 5.41) is 9.59. The molecule has 0 fully saturated rings. The summed E-state index contributed by atoms with van der Waals surface area (Å²) in [6.07, 6.45) is 8.38. The van der Waals surface area contributed by atoms with Crippen LogP contribution >= 0.6 is 0 Å². The lowest BCUT2D eigenvalue weighted by Crippen LogP contribution is -2.16. The summed E-state index contributed by atoms with van der Waals surface area (Å²) in [5.41, 5.74) is 1.15. The maximum absolute atomic E-state index is 11.2. The normalized spacial score (nSPS) is 12.0. The average molecular weight is 322 g/mol. The van der Waals surface area contributed by atoms with Gasteiger partial charge in [-0.3, -0.25) is 4.79 Å². The highest BCUT2D eigenvalue weighted by Crippen LogP contribution is 2.27. The summed E-state index contributed by atoms with van der Waals surface area (Å²) in [6, 6.07) is 5.46. The van der Waals surface area contributed by atoms with E-state index in [-0.39, 0.29) is 17.8 Å². The van der Waals surface area contributed by atoms with Crippen LogP contribution in [0.15, 0.2) is 18.2 Å². The predicted octanol–water partition coefficient (Wildman–Crippen LogP) is 4.63. The second-order valence-corrected chi connectivity index (χ2v) is 5.98. The lowest BCUT2D eigenvalue weighted by molar-refractivity contribution is -0.147. The second-order valence-electron chi connectivity index (χ2n) is 5.98. The van der Waals surface area contributed by atoms with Gasteiger partial charge in [0.05, 0.1) is 7.11 Å². The molecule has 0 aliphatic carbocycles. The summed E-state index contributed by atoms with van der Waals surface area (Å²) in [6.45, 7) is 3.66. The fraction of sp³-hybridized carbons (Fsp3) is 0.632. The third kappa shape index (κ3) is 7.91. The largest absolute Gasteiger partial charge is 0.504 e. The maximum atomic E-state index is 11.2. The van der Waals surface area contributed by atoms with Crippen LogP contribution in [0.5, 0.6) is 11.5 Å².